The Hall–Kier alpha value is -4.03. The van der Waals surface area contributed by atoms with Crippen LogP contribution in [0.15, 0.2) is 119 Å². The molecule has 38 heavy (non-hydrogen) atoms. The Bertz CT molecular complexity index is 1310. The van der Waals surface area contributed by atoms with Gasteiger partial charge in [0.2, 0.25) is 0 Å². The van der Waals surface area contributed by atoms with Gasteiger partial charge < -0.3 is 10.4 Å². The Morgan fingerprint density at radius 3 is 2.03 bits per heavy atom. The number of carboxylic acids is 1. The van der Waals surface area contributed by atoms with Crippen molar-refractivity contribution in [2.45, 2.75) is 35.5 Å². The van der Waals surface area contributed by atoms with Crippen molar-refractivity contribution in [3.63, 3.8) is 0 Å². The predicted molar refractivity (Wildman–Crippen MR) is 154 cm³/mol. The number of urea groups is 1. The van der Waals surface area contributed by atoms with Crippen LogP contribution in [0.4, 0.5) is 10.5 Å². The Kier molecular flexibility index (Phi) is 9.99. The fourth-order valence-electron chi connectivity index (χ4n) is 4.19. The molecule has 0 heterocycles. The Morgan fingerprint density at radius 1 is 0.711 bits per heavy atom. The first-order valence-corrected chi connectivity index (χ1v) is 13.6. The molecule has 4 rings (SSSR count). The van der Waals surface area contributed by atoms with Gasteiger partial charge in [-0.05, 0) is 66.3 Å². The van der Waals surface area contributed by atoms with Gasteiger partial charge in [-0.15, -0.1) is 0 Å². The number of benzene rings is 4. The van der Waals surface area contributed by atoms with Gasteiger partial charge in [0.1, 0.15) is 0 Å². The third kappa shape index (κ3) is 8.53. The molecule has 0 aliphatic heterocycles. The summed E-state index contributed by atoms with van der Waals surface area (Å²) in [6, 6.07) is 35.9. The highest BCUT2D eigenvalue weighted by Crippen LogP contribution is 2.31. The van der Waals surface area contributed by atoms with Gasteiger partial charge in [-0.1, -0.05) is 90.6 Å². The number of hydrogen-bond acceptors (Lipinski definition) is 3. The van der Waals surface area contributed by atoms with Crippen LogP contribution in [-0.4, -0.2) is 30.2 Å². The fraction of sp³-hybridized carbons (Fsp3) is 0.188. The first-order valence-electron chi connectivity index (χ1n) is 12.8. The molecule has 0 aliphatic carbocycles. The lowest BCUT2D eigenvalue weighted by molar-refractivity contribution is -0.136. The van der Waals surface area contributed by atoms with Gasteiger partial charge in [0.05, 0.1) is 6.42 Å². The molecule has 0 unspecified atom stereocenters. The van der Waals surface area contributed by atoms with Crippen molar-refractivity contribution in [2.75, 3.05) is 18.0 Å². The third-order valence-electron chi connectivity index (χ3n) is 6.11. The summed E-state index contributed by atoms with van der Waals surface area (Å²) in [5.74, 6) is -0.840. The van der Waals surface area contributed by atoms with Gasteiger partial charge in [-0.2, -0.15) is 0 Å². The fourth-order valence-corrected chi connectivity index (χ4v) is 5.06. The number of anilines is 1. The zero-order chi connectivity index (χ0) is 26.6. The molecular weight excluding hydrogens is 492 g/mol. The summed E-state index contributed by atoms with van der Waals surface area (Å²) < 4.78 is 0. The van der Waals surface area contributed by atoms with Crippen LogP contribution >= 0.6 is 11.8 Å². The molecule has 0 bridgehead atoms. The molecule has 0 aliphatic rings. The van der Waals surface area contributed by atoms with E-state index in [4.69, 9.17) is 5.11 Å². The molecule has 6 heteroatoms. The molecule has 4 aromatic rings. The second-order valence-corrected chi connectivity index (χ2v) is 10.2. The molecular formula is C32H32N2O3S. The average molecular weight is 525 g/mol. The van der Waals surface area contributed by atoms with Crippen LogP contribution in [0, 0.1) is 0 Å². The van der Waals surface area contributed by atoms with E-state index < -0.39 is 5.97 Å². The molecule has 0 fully saturated rings. The van der Waals surface area contributed by atoms with E-state index in [0.29, 0.717) is 13.1 Å². The van der Waals surface area contributed by atoms with Crippen molar-refractivity contribution >= 4 is 29.4 Å². The molecule has 0 saturated heterocycles. The summed E-state index contributed by atoms with van der Waals surface area (Å²) >= 11 is 1.59. The van der Waals surface area contributed by atoms with Gasteiger partial charge in [-0.25, -0.2) is 4.79 Å². The summed E-state index contributed by atoms with van der Waals surface area (Å²) in [5.41, 5.74) is 4.07. The molecule has 5 nitrogen and oxygen atoms in total. The number of carbonyl (C=O) groups excluding carboxylic acids is 1. The minimum atomic E-state index is -0.840. The van der Waals surface area contributed by atoms with Crippen molar-refractivity contribution in [1.29, 1.82) is 0 Å². The Balaban J connectivity index is 1.44. The van der Waals surface area contributed by atoms with Crippen LogP contribution < -0.4 is 10.2 Å². The van der Waals surface area contributed by atoms with Gasteiger partial charge in [0, 0.05) is 28.6 Å². The predicted octanol–water partition coefficient (Wildman–Crippen LogP) is 6.86. The van der Waals surface area contributed by atoms with E-state index in [0.717, 1.165) is 40.3 Å². The van der Waals surface area contributed by atoms with Crippen molar-refractivity contribution in [1.82, 2.24) is 5.32 Å². The number of aliphatic carboxylic acids is 1. The summed E-state index contributed by atoms with van der Waals surface area (Å²) in [4.78, 5) is 28.1. The minimum Gasteiger partial charge on any atom is -0.481 e. The Labute approximate surface area is 228 Å². The smallest absolute Gasteiger partial charge is 0.321 e. The molecule has 4 aromatic carbocycles. The molecule has 194 valence electrons. The normalized spacial score (nSPS) is 10.6. The van der Waals surface area contributed by atoms with Crippen molar-refractivity contribution in [3.05, 3.63) is 126 Å². The maximum Gasteiger partial charge on any atom is 0.321 e. The van der Waals surface area contributed by atoms with E-state index in [9.17, 15) is 9.59 Å². The molecule has 2 N–H and O–H groups in total. The first-order chi connectivity index (χ1) is 18.6. The Morgan fingerprint density at radius 2 is 1.37 bits per heavy atom. The van der Waals surface area contributed by atoms with E-state index >= 15 is 0 Å². The van der Waals surface area contributed by atoms with E-state index in [1.165, 1.54) is 11.1 Å². The van der Waals surface area contributed by atoms with Crippen LogP contribution in [0.25, 0.3) is 0 Å². The summed E-state index contributed by atoms with van der Waals surface area (Å²) in [7, 11) is 0. The summed E-state index contributed by atoms with van der Waals surface area (Å²) in [6.07, 6.45) is 2.53. The molecule has 0 atom stereocenters. The number of hydrogen-bond donors (Lipinski definition) is 2. The van der Waals surface area contributed by atoms with Crippen molar-refractivity contribution in [2.24, 2.45) is 0 Å². The summed E-state index contributed by atoms with van der Waals surface area (Å²) in [5, 5.41) is 12.1. The van der Waals surface area contributed by atoms with Crippen LogP contribution in [0.2, 0.25) is 0 Å². The quantitative estimate of drug-likeness (QED) is 0.213. The molecule has 0 spiro atoms. The number of carboxylic acid groups (broad SMARTS) is 1. The molecule has 0 aromatic heterocycles. The maximum absolute atomic E-state index is 13.3. The third-order valence-corrected chi connectivity index (χ3v) is 7.11. The standard InChI is InChI=1S/C32H32N2O3S/c35-31(36)23-27-16-18-29(19-17-27)38-30-15-7-14-28(24-30)34(22-8-13-25-9-3-1-4-10-25)32(37)33-21-20-26-11-5-2-6-12-26/h1-7,9-12,14-19,24H,8,13,20-23H2,(H,33,37)(H,35,36). The van der Waals surface area contributed by atoms with Gasteiger partial charge in [0.25, 0.3) is 0 Å². The molecule has 2 amide bonds. The highest BCUT2D eigenvalue weighted by Gasteiger charge is 2.16. The maximum atomic E-state index is 13.3. The topological polar surface area (TPSA) is 69.6 Å². The number of amides is 2. The van der Waals surface area contributed by atoms with Crippen LogP contribution in [0.1, 0.15) is 23.1 Å². The number of nitrogens with zero attached hydrogens (tertiary/aromatic N) is 1. The van der Waals surface area contributed by atoms with Crippen LogP contribution in [0.3, 0.4) is 0 Å². The zero-order valence-corrected chi connectivity index (χ0v) is 22.1. The van der Waals surface area contributed by atoms with Crippen molar-refractivity contribution in [3.8, 4) is 0 Å². The number of rotatable bonds is 12. The zero-order valence-electron chi connectivity index (χ0n) is 21.3. The lowest BCUT2D eigenvalue weighted by Gasteiger charge is -2.24. The SMILES string of the molecule is O=C(O)Cc1ccc(Sc2cccc(N(CCCc3ccccc3)C(=O)NCCc3ccccc3)c2)cc1. The van der Waals surface area contributed by atoms with E-state index in [1.54, 1.807) is 11.8 Å². The van der Waals surface area contributed by atoms with Crippen molar-refractivity contribution < 1.29 is 14.7 Å². The second-order valence-electron chi connectivity index (χ2n) is 9.02. The minimum absolute atomic E-state index is 0.0117. The van der Waals surface area contributed by atoms with Crippen LogP contribution in [-0.2, 0) is 24.1 Å². The van der Waals surface area contributed by atoms with Crippen LogP contribution in [0.5, 0.6) is 0 Å². The van der Waals surface area contributed by atoms with E-state index in [2.05, 4.69) is 29.6 Å². The van der Waals surface area contributed by atoms with Gasteiger partial charge in [-0.3, -0.25) is 9.69 Å². The molecule has 0 saturated carbocycles. The summed E-state index contributed by atoms with van der Waals surface area (Å²) in [6.45, 7) is 1.17. The second kappa shape index (κ2) is 14.1. The van der Waals surface area contributed by atoms with Gasteiger partial charge >= 0.3 is 12.0 Å². The number of carbonyl (C=O) groups is 2. The van der Waals surface area contributed by atoms with E-state index in [1.807, 2.05) is 89.8 Å². The average Bonchev–Trinajstić information content (AvgIpc) is 2.93. The highest BCUT2D eigenvalue weighted by atomic mass is 32.2. The monoisotopic (exact) mass is 524 g/mol. The largest absolute Gasteiger partial charge is 0.481 e. The molecule has 0 radical (unpaired) electrons. The lowest BCUT2D eigenvalue weighted by Crippen LogP contribution is -2.41. The van der Waals surface area contributed by atoms with E-state index in [-0.39, 0.29) is 12.5 Å². The number of aryl methyl sites for hydroxylation is 1. The van der Waals surface area contributed by atoms with Gasteiger partial charge in [0.15, 0.2) is 0 Å². The number of nitrogens with one attached hydrogen (secondary N) is 1. The first kappa shape index (κ1) is 27.0. The highest BCUT2D eigenvalue weighted by molar-refractivity contribution is 7.99. The lowest BCUT2D eigenvalue weighted by atomic mass is 10.1.